The number of rotatable bonds is 6. The highest BCUT2D eigenvalue weighted by Crippen LogP contribution is 2.28. The fraction of sp³-hybridized carbons (Fsp3) is 0.304. The summed E-state index contributed by atoms with van der Waals surface area (Å²) < 4.78 is 0. The van der Waals surface area contributed by atoms with Crippen molar-refractivity contribution in [2.24, 2.45) is 0 Å². The highest BCUT2D eigenvalue weighted by atomic mass is 15.2. The summed E-state index contributed by atoms with van der Waals surface area (Å²) in [7, 11) is 0. The zero-order chi connectivity index (χ0) is 19.3. The molecule has 144 valence electrons. The molecule has 3 heterocycles. The van der Waals surface area contributed by atoms with E-state index in [9.17, 15) is 0 Å². The van der Waals surface area contributed by atoms with Gasteiger partial charge in [0, 0.05) is 31.2 Å². The number of aromatic nitrogens is 2. The predicted molar refractivity (Wildman–Crippen MR) is 115 cm³/mol. The van der Waals surface area contributed by atoms with Crippen LogP contribution >= 0.6 is 0 Å². The van der Waals surface area contributed by atoms with Crippen LogP contribution in [0.2, 0.25) is 0 Å². The van der Waals surface area contributed by atoms with E-state index < -0.39 is 0 Å². The van der Waals surface area contributed by atoms with Crippen LogP contribution in [-0.2, 0) is 0 Å². The lowest BCUT2D eigenvalue weighted by atomic mass is 9.96. The molecule has 5 nitrogen and oxygen atoms in total. The predicted octanol–water partition coefficient (Wildman–Crippen LogP) is 4.13. The Kier molecular flexibility index (Phi) is 5.53. The first-order chi connectivity index (χ1) is 13.7. The summed E-state index contributed by atoms with van der Waals surface area (Å²) in [5.74, 6) is 1.29. The van der Waals surface area contributed by atoms with Crippen molar-refractivity contribution in [2.75, 3.05) is 23.7 Å². The maximum atomic E-state index is 4.49. The lowest BCUT2D eigenvalue weighted by molar-refractivity contribution is 0.453. The molecule has 1 aliphatic rings. The summed E-state index contributed by atoms with van der Waals surface area (Å²) >= 11 is 0. The number of benzene rings is 1. The summed E-state index contributed by atoms with van der Waals surface area (Å²) in [4.78, 5) is 8.93. The first kappa shape index (κ1) is 18.4. The van der Waals surface area contributed by atoms with E-state index in [0.29, 0.717) is 5.92 Å². The zero-order valence-corrected chi connectivity index (χ0v) is 16.4. The van der Waals surface area contributed by atoms with Crippen molar-refractivity contribution in [3.05, 3.63) is 83.8 Å². The largest absolute Gasteiger partial charge is 0.380 e. The topological polar surface area (TPSA) is 61.9 Å². The van der Waals surface area contributed by atoms with Crippen LogP contribution in [0.1, 0.15) is 35.7 Å². The van der Waals surface area contributed by atoms with Crippen molar-refractivity contribution in [3.8, 4) is 0 Å². The third-order valence-electron chi connectivity index (χ3n) is 5.35. The molecular weight excluding hydrogens is 346 g/mol. The molecule has 0 aliphatic carbocycles. The van der Waals surface area contributed by atoms with Gasteiger partial charge in [-0.25, -0.2) is 4.98 Å². The van der Waals surface area contributed by atoms with Crippen molar-refractivity contribution in [1.82, 2.24) is 15.3 Å². The van der Waals surface area contributed by atoms with Gasteiger partial charge in [0.15, 0.2) is 0 Å². The van der Waals surface area contributed by atoms with Gasteiger partial charge >= 0.3 is 0 Å². The molecule has 28 heavy (non-hydrogen) atoms. The van der Waals surface area contributed by atoms with Crippen molar-refractivity contribution in [3.63, 3.8) is 0 Å². The Labute approximate surface area is 166 Å². The maximum Gasteiger partial charge on any atom is 0.149 e. The molecule has 0 unspecified atom stereocenters. The molecule has 4 rings (SSSR count). The molecule has 3 N–H and O–H groups in total. The molecule has 0 amide bonds. The quantitative estimate of drug-likeness (QED) is 0.607. The van der Waals surface area contributed by atoms with Gasteiger partial charge in [-0.05, 0) is 42.2 Å². The minimum atomic E-state index is 0.171. The van der Waals surface area contributed by atoms with Crippen LogP contribution in [0.4, 0.5) is 11.5 Å². The summed E-state index contributed by atoms with van der Waals surface area (Å²) in [6.45, 7) is 5.97. The summed E-state index contributed by atoms with van der Waals surface area (Å²) in [5, 5.41) is 10.9. The lowest BCUT2D eigenvalue weighted by Crippen LogP contribution is -2.45. The molecule has 3 atom stereocenters. The van der Waals surface area contributed by atoms with Crippen molar-refractivity contribution in [2.45, 2.75) is 31.8 Å². The van der Waals surface area contributed by atoms with Gasteiger partial charge < -0.3 is 16.0 Å². The van der Waals surface area contributed by atoms with Crippen LogP contribution in [-0.4, -0.2) is 29.1 Å². The SMILES string of the molecule is Cc1ccc([C@@H](C)CN[C@H](c2ccccc2)[C@H]2CNc3cccnc3N2)cn1. The van der Waals surface area contributed by atoms with E-state index in [0.717, 1.165) is 30.3 Å². The van der Waals surface area contributed by atoms with Crippen LogP contribution in [0.5, 0.6) is 0 Å². The smallest absolute Gasteiger partial charge is 0.149 e. The van der Waals surface area contributed by atoms with Crippen LogP contribution in [0.25, 0.3) is 0 Å². The Balaban J connectivity index is 1.51. The Bertz CT molecular complexity index is 894. The first-order valence-electron chi connectivity index (χ1n) is 9.87. The van der Waals surface area contributed by atoms with Crippen molar-refractivity contribution in [1.29, 1.82) is 0 Å². The molecule has 1 aliphatic heterocycles. The molecule has 5 heteroatoms. The standard InChI is InChI=1S/C23H27N5/c1-16(19-11-10-17(2)25-14-19)13-27-22(18-7-4-3-5-8-18)21-15-26-20-9-6-12-24-23(20)28-21/h3-12,14,16,21-22,26-27H,13,15H2,1-2H3,(H,24,28)/t16-,21+,22+/m0/s1. The van der Waals surface area contributed by atoms with Crippen molar-refractivity contribution >= 4 is 11.5 Å². The lowest BCUT2D eigenvalue weighted by Gasteiger charge is -2.35. The molecular formula is C23H27N5. The monoisotopic (exact) mass is 373 g/mol. The highest BCUT2D eigenvalue weighted by molar-refractivity contribution is 5.67. The molecule has 0 saturated heterocycles. The Morgan fingerprint density at radius 2 is 1.89 bits per heavy atom. The summed E-state index contributed by atoms with van der Waals surface area (Å²) in [6, 6.07) is 19.3. The van der Waals surface area contributed by atoms with E-state index in [1.165, 1.54) is 11.1 Å². The molecule has 2 aromatic heterocycles. The highest BCUT2D eigenvalue weighted by Gasteiger charge is 2.27. The van der Waals surface area contributed by atoms with Gasteiger partial charge in [0.25, 0.3) is 0 Å². The van der Waals surface area contributed by atoms with Gasteiger partial charge in [0.05, 0.1) is 17.8 Å². The summed E-state index contributed by atoms with van der Waals surface area (Å²) in [6.07, 6.45) is 3.81. The second-order valence-electron chi connectivity index (χ2n) is 7.46. The Hall–Kier alpha value is -2.92. The van der Waals surface area contributed by atoms with E-state index in [4.69, 9.17) is 0 Å². The minimum absolute atomic E-state index is 0.171. The number of hydrogen-bond donors (Lipinski definition) is 3. The first-order valence-corrected chi connectivity index (χ1v) is 9.87. The Morgan fingerprint density at radius 3 is 2.68 bits per heavy atom. The number of anilines is 2. The van der Waals surface area contributed by atoms with E-state index >= 15 is 0 Å². The zero-order valence-electron chi connectivity index (χ0n) is 16.4. The number of nitrogens with zero attached hydrogens (tertiary/aromatic N) is 2. The molecule has 0 fully saturated rings. The third kappa shape index (κ3) is 4.15. The van der Waals surface area contributed by atoms with Gasteiger partial charge in [-0.3, -0.25) is 4.98 Å². The van der Waals surface area contributed by atoms with E-state index in [2.05, 4.69) is 81.4 Å². The fourth-order valence-electron chi connectivity index (χ4n) is 3.66. The van der Waals surface area contributed by atoms with E-state index in [-0.39, 0.29) is 12.1 Å². The molecule has 3 aromatic rings. The number of nitrogens with one attached hydrogen (secondary N) is 3. The van der Waals surface area contributed by atoms with Gasteiger partial charge in [-0.2, -0.15) is 0 Å². The minimum Gasteiger partial charge on any atom is -0.380 e. The van der Waals surface area contributed by atoms with E-state index in [1.807, 2.05) is 25.4 Å². The third-order valence-corrected chi connectivity index (χ3v) is 5.35. The van der Waals surface area contributed by atoms with Gasteiger partial charge in [0.2, 0.25) is 0 Å². The number of fused-ring (bicyclic) bond motifs is 1. The molecule has 0 saturated carbocycles. The van der Waals surface area contributed by atoms with Crippen LogP contribution in [0.15, 0.2) is 67.0 Å². The number of hydrogen-bond acceptors (Lipinski definition) is 5. The van der Waals surface area contributed by atoms with Crippen LogP contribution < -0.4 is 16.0 Å². The number of pyridine rings is 2. The fourth-order valence-corrected chi connectivity index (χ4v) is 3.66. The average Bonchev–Trinajstić information content (AvgIpc) is 2.75. The van der Waals surface area contributed by atoms with Crippen molar-refractivity contribution < 1.29 is 0 Å². The second-order valence-corrected chi connectivity index (χ2v) is 7.46. The molecule has 0 radical (unpaired) electrons. The summed E-state index contributed by atoms with van der Waals surface area (Å²) in [5.41, 5.74) is 4.64. The van der Waals surface area contributed by atoms with Crippen LogP contribution in [0.3, 0.4) is 0 Å². The van der Waals surface area contributed by atoms with Gasteiger partial charge in [-0.15, -0.1) is 0 Å². The Morgan fingerprint density at radius 1 is 1.04 bits per heavy atom. The van der Waals surface area contributed by atoms with Gasteiger partial charge in [-0.1, -0.05) is 43.3 Å². The number of aryl methyl sites for hydroxylation is 1. The second kappa shape index (κ2) is 8.40. The maximum absolute atomic E-state index is 4.49. The van der Waals surface area contributed by atoms with Gasteiger partial charge in [0.1, 0.15) is 5.82 Å². The van der Waals surface area contributed by atoms with E-state index in [1.54, 1.807) is 0 Å². The molecule has 1 aromatic carbocycles. The molecule has 0 spiro atoms. The van der Waals surface area contributed by atoms with Crippen LogP contribution in [0, 0.1) is 6.92 Å². The molecule has 0 bridgehead atoms. The normalized spacial score (nSPS) is 17.7. The average molecular weight is 374 g/mol.